The molecule has 0 spiro atoms. The van der Waals surface area contributed by atoms with Crippen molar-refractivity contribution in [1.82, 2.24) is 9.97 Å². The minimum absolute atomic E-state index is 0.625. The van der Waals surface area contributed by atoms with Crippen molar-refractivity contribution in [3.63, 3.8) is 0 Å². The van der Waals surface area contributed by atoms with Crippen LogP contribution in [0.2, 0.25) is 0 Å². The highest BCUT2D eigenvalue weighted by molar-refractivity contribution is 5.90. The lowest BCUT2D eigenvalue weighted by molar-refractivity contribution is 0.876. The molecule has 1 aliphatic heterocycles. The van der Waals surface area contributed by atoms with Gasteiger partial charge in [0.15, 0.2) is 0 Å². The van der Waals surface area contributed by atoms with E-state index in [1.165, 1.54) is 11.1 Å². The number of hydrogen-bond donors (Lipinski definition) is 1. The molecule has 0 saturated heterocycles. The highest BCUT2D eigenvalue weighted by Crippen LogP contribution is 2.31. The normalized spacial score (nSPS) is 13.2. The summed E-state index contributed by atoms with van der Waals surface area (Å²) < 4.78 is 0. The van der Waals surface area contributed by atoms with Crippen molar-refractivity contribution < 1.29 is 0 Å². The molecular weight excluding hydrogens is 308 g/mol. The van der Waals surface area contributed by atoms with Gasteiger partial charge in [-0.05, 0) is 36.3 Å². The smallest absolute Gasteiger partial charge is 0.229 e. The van der Waals surface area contributed by atoms with Crippen molar-refractivity contribution in [3.8, 4) is 0 Å². The maximum Gasteiger partial charge on any atom is 0.229 e. The Morgan fingerprint density at radius 2 is 1.72 bits per heavy atom. The second-order valence-electron chi connectivity index (χ2n) is 6.01. The number of aromatic nitrogens is 2. The first kappa shape index (κ1) is 15.4. The first-order valence-corrected chi connectivity index (χ1v) is 8.53. The molecule has 0 amide bonds. The van der Waals surface area contributed by atoms with Crippen LogP contribution in [-0.2, 0) is 0 Å². The van der Waals surface area contributed by atoms with Crippen LogP contribution in [0.25, 0.3) is 11.6 Å². The van der Waals surface area contributed by atoms with Crippen molar-refractivity contribution >= 4 is 29.1 Å². The SMILES string of the molecule is CCN1CC(c2ccccc2)=Cc2cnc(Nc3ccccc3)nc21. The molecule has 1 N–H and O–H groups in total. The van der Waals surface area contributed by atoms with Gasteiger partial charge in [0, 0.05) is 30.5 Å². The molecule has 1 aromatic heterocycles. The van der Waals surface area contributed by atoms with Crippen molar-refractivity contribution in [1.29, 1.82) is 0 Å². The van der Waals surface area contributed by atoms with E-state index in [1.54, 1.807) is 0 Å². The molecule has 4 heteroatoms. The van der Waals surface area contributed by atoms with Crippen LogP contribution in [0.4, 0.5) is 17.5 Å². The Labute approximate surface area is 147 Å². The maximum absolute atomic E-state index is 4.75. The van der Waals surface area contributed by atoms with Gasteiger partial charge in [0.2, 0.25) is 5.95 Å². The third-order valence-corrected chi connectivity index (χ3v) is 4.34. The zero-order chi connectivity index (χ0) is 17.1. The summed E-state index contributed by atoms with van der Waals surface area (Å²) in [5.74, 6) is 1.61. The lowest BCUT2D eigenvalue weighted by Gasteiger charge is -2.29. The number of fused-ring (bicyclic) bond motifs is 1. The quantitative estimate of drug-likeness (QED) is 0.760. The second kappa shape index (κ2) is 6.77. The molecule has 2 aromatic carbocycles. The van der Waals surface area contributed by atoms with Crippen molar-refractivity contribution in [2.24, 2.45) is 0 Å². The number of anilines is 3. The molecule has 3 aromatic rings. The molecule has 0 radical (unpaired) electrons. The standard InChI is InChI=1S/C21H20N4/c1-2-25-15-18(16-9-5-3-6-10-16)13-17-14-22-21(24-20(17)25)23-19-11-7-4-8-12-19/h3-14H,2,15H2,1H3,(H,22,23,24). The molecule has 25 heavy (non-hydrogen) atoms. The predicted molar refractivity (Wildman–Crippen MR) is 104 cm³/mol. The van der Waals surface area contributed by atoms with Gasteiger partial charge in [-0.2, -0.15) is 4.98 Å². The van der Waals surface area contributed by atoms with E-state index in [4.69, 9.17) is 4.98 Å². The zero-order valence-corrected chi connectivity index (χ0v) is 14.2. The Bertz CT molecular complexity index is 888. The average molecular weight is 328 g/mol. The van der Waals surface area contributed by atoms with Gasteiger partial charge in [-0.3, -0.25) is 0 Å². The first-order chi connectivity index (χ1) is 12.3. The predicted octanol–water partition coefficient (Wildman–Crippen LogP) is 4.60. The summed E-state index contributed by atoms with van der Waals surface area (Å²) >= 11 is 0. The van der Waals surface area contributed by atoms with Crippen LogP contribution in [0, 0.1) is 0 Å². The van der Waals surface area contributed by atoms with Crippen molar-refractivity contribution in [2.45, 2.75) is 6.92 Å². The monoisotopic (exact) mass is 328 g/mol. The molecule has 1 aliphatic rings. The highest BCUT2D eigenvalue weighted by Gasteiger charge is 2.20. The van der Waals surface area contributed by atoms with Gasteiger partial charge in [-0.15, -0.1) is 0 Å². The van der Waals surface area contributed by atoms with Gasteiger partial charge < -0.3 is 10.2 Å². The van der Waals surface area contributed by atoms with Gasteiger partial charge in [-0.25, -0.2) is 4.98 Å². The number of nitrogens with zero attached hydrogens (tertiary/aromatic N) is 3. The summed E-state index contributed by atoms with van der Waals surface area (Å²) in [6.07, 6.45) is 4.10. The Morgan fingerprint density at radius 3 is 2.44 bits per heavy atom. The van der Waals surface area contributed by atoms with Gasteiger partial charge in [-0.1, -0.05) is 48.5 Å². The van der Waals surface area contributed by atoms with Crippen LogP contribution in [0.1, 0.15) is 18.1 Å². The van der Waals surface area contributed by atoms with E-state index in [1.807, 2.05) is 42.6 Å². The minimum atomic E-state index is 0.625. The van der Waals surface area contributed by atoms with Gasteiger partial charge >= 0.3 is 0 Å². The molecular formula is C21H20N4. The van der Waals surface area contributed by atoms with Gasteiger partial charge in [0.1, 0.15) is 5.82 Å². The topological polar surface area (TPSA) is 41.1 Å². The zero-order valence-electron chi connectivity index (χ0n) is 14.2. The summed E-state index contributed by atoms with van der Waals surface area (Å²) in [5.41, 5.74) is 4.59. The molecule has 124 valence electrons. The van der Waals surface area contributed by atoms with Crippen LogP contribution < -0.4 is 10.2 Å². The molecule has 0 bridgehead atoms. The number of hydrogen-bond acceptors (Lipinski definition) is 4. The second-order valence-corrected chi connectivity index (χ2v) is 6.01. The Morgan fingerprint density at radius 1 is 1.00 bits per heavy atom. The van der Waals surface area contributed by atoms with E-state index in [0.29, 0.717) is 5.95 Å². The molecule has 0 saturated carbocycles. The Hall–Kier alpha value is -3.14. The largest absolute Gasteiger partial charge is 0.352 e. The third kappa shape index (κ3) is 3.24. The lowest BCUT2D eigenvalue weighted by Crippen LogP contribution is -2.29. The van der Waals surface area contributed by atoms with Gasteiger partial charge in [0.25, 0.3) is 0 Å². The summed E-state index contributed by atoms with van der Waals surface area (Å²) in [6, 6.07) is 20.5. The summed E-state index contributed by atoms with van der Waals surface area (Å²) in [7, 11) is 0. The van der Waals surface area contributed by atoms with Crippen LogP contribution >= 0.6 is 0 Å². The molecule has 0 aliphatic carbocycles. The van der Waals surface area contributed by atoms with E-state index in [9.17, 15) is 0 Å². The Balaban J connectivity index is 1.68. The third-order valence-electron chi connectivity index (χ3n) is 4.34. The fourth-order valence-corrected chi connectivity index (χ4v) is 3.05. The van der Waals surface area contributed by atoms with Crippen LogP contribution in [0.3, 0.4) is 0 Å². The maximum atomic E-state index is 4.75. The van der Waals surface area contributed by atoms with E-state index < -0.39 is 0 Å². The highest BCUT2D eigenvalue weighted by atomic mass is 15.2. The minimum Gasteiger partial charge on any atom is -0.352 e. The number of para-hydroxylation sites is 1. The number of nitrogens with one attached hydrogen (secondary N) is 1. The van der Waals surface area contributed by atoms with E-state index in [0.717, 1.165) is 30.2 Å². The average Bonchev–Trinajstić information content (AvgIpc) is 2.68. The van der Waals surface area contributed by atoms with Gasteiger partial charge in [0.05, 0.1) is 0 Å². The van der Waals surface area contributed by atoms with E-state index >= 15 is 0 Å². The molecule has 0 fully saturated rings. The van der Waals surface area contributed by atoms with E-state index in [-0.39, 0.29) is 0 Å². The molecule has 2 heterocycles. The molecule has 4 nitrogen and oxygen atoms in total. The molecule has 0 unspecified atom stereocenters. The Kier molecular flexibility index (Phi) is 4.17. The van der Waals surface area contributed by atoms with Crippen LogP contribution in [-0.4, -0.2) is 23.1 Å². The van der Waals surface area contributed by atoms with Crippen LogP contribution in [0.5, 0.6) is 0 Å². The number of rotatable bonds is 4. The van der Waals surface area contributed by atoms with Crippen molar-refractivity contribution in [3.05, 3.63) is 78.0 Å². The number of benzene rings is 2. The number of likely N-dealkylation sites (N-methyl/N-ethyl adjacent to an activating group) is 1. The fourth-order valence-electron chi connectivity index (χ4n) is 3.05. The molecule has 4 rings (SSSR count). The summed E-state index contributed by atoms with van der Waals surface area (Å²) in [5, 5.41) is 3.27. The van der Waals surface area contributed by atoms with Crippen molar-refractivity contribution in [2.75, 3.05) is 23.3 Å². The fraction of sp³-hybridized carbons (Fsp3) is 0.143. The summed E-state index contributed by atoms with van der Waals surface area (Å²) in [6.45, 7) is 3.92. The molecule has 0 atom stereocenters. The van der Waals surface area contributed by atoms with Crippen LogP contribution in [0.15, 0.2) is 66.9 Å². The summed E-state index contributed by atoms with van der Waals surface area (Å²) in [4.78, 5) is 11.5. The lowest BCUT2D eigenvalue weighted by atomic mass is 10.00. The first-order valence-electron chi connectivity index (χ1n) is 8.53. The van der Waals surface area contributed by atoms with E-state index in [2.05, 4.69) is 52.5 Å².